The van der Waals surface area contributed by atoms with Crippen LogP contribution >= 0.6 is 0 Å². The van der Waals surface area contributed by atoms with Gasteiger partial charge in [0.1, 0.15) is 0 Å². The molecule has 0 unspecified atom stereocenters. The first-order chi connectivity index (χ1) is 13.6. The summed E-state index contributed by atoms with van der Waals surface area (Å²) in [5.41, 5.74) is 2.42. The molecule has 0 radical (unpaired) electrons. The van der Waals surface area contributed by atoms with Crippen molar-refractivity contribution in [2.45, 2.75) is 25.8 Å². The molecular formula is C24H24N2O2. The number of hydrogen-bond acceptors (Lipinski definition) is 2. The quantitative estimate of drug-likeness (QED) is 0.750. The second-order valence-electron chi connectivity index (χ2n) is 7.42. The highest BCUT2D eigenvalue weighted by atomic mass is 16.2. The van der Waals surface area contributed by atoms with Gasteiger partial charge >= 0.3 is 0 Å². The molecule has 1 fully saturated rings. The average molecular weight is 372 g/mol. The third-order valence-electron chi connectivity index (χ3n) is 5.50. The van der Waals surface area contributed by atoms with E-state index >= 15 is 0 Å². The highest BCUT2D eigenvalue weighted by Gasteiger charge is 2.25. The molecule has 4 rings (SSSR count). The Morgan fingerprint density at radius 1 is 0.893 bits per heavy atom. The van der Waals surface area contributed by atoms with Crippen LogP contribution < -0.4 is 5.32 Å². The van der Waals surface area contributed by atoms with Gasteiger partial charge in [-0.2, -0.15) is 0 Å². The van der Waals surface area contributed by atoms with E-state index in [-0.39, 0.29) is 17.9 Å². The van der Waals surface area contributed by atoms with Gasteiger partial charge in [-0.05, 0) is 54.3 Å². The Bertz CT molecular complexity index is 1020. The molecular weight excluding hydrogens is 348 g/mol. The SMILES string of the molecule is Cc1ccccc1C(=O)NC1CCN(C(=O)c2ccc3ccccc3c2)CC1. The number of piperidine rings is 1. The zero-order valence-electron chi connectivity index (χ0n) is 16.0. The predicted octanol–water partition coefficient (Wildman–Crippen LogP) is 4.18. The van der Waals surface area contributed by atoms with Gasteiger partial charge in [0.2, 0.25) is 0 Å². The molecule has 1 N–H and O–H groups in total. The molecule has 3 aromatic carbocycles. The van der Waals surface area contributed by atoms with E-state index in [2.05, 4.69) is 5.32 Å². The summed E-state index contributed by atoms with van der Waals surface area (Å²) in [7, 11) is 0. The molecule has 0 aromatic heterocycles. The topological polar surface area (TPSA) is 49.4 Å². The molecule has 0 atom stereocenters. The molecule has 1 saturated heterocycles. The van der Waals surface area contributed by atoms with Crippen LogP contribution in [0.3, 0.4) is 0 Å². The first kappa shape index (κ1) is 18.2. The lowest BCUT2D eigenvalue weighted by molar-refractivity contribution is 0.0698. The maximum Gasteiger partial charge on any atom is 0.253 e. The number of carbonyl (C=O) groups is 2. The smallest absolute Gasteiger partial charge is 0.253 e. The molecule has 0 bridgehead atoms. The Hall–Kier alpha value is -3.14. The van der Waals surface area contributed by atoms with Crippen molar-refractivity contribution in [3.63, 3.8) is 0 Å². The lowest BCUT2D eigenvalue weighted by atomic mass is 10.0. The van der Waals surface area contributed by atoms with Gasteiger partial charge in [0, 0.05) is 30.3 Å². The Morgan fingerprint density at radius 3 is 2.32 bits per heavy atom. The van der Waals surface area contributed by atoms with E-state index in [1.54, 1.807) is 0 Å². The van der Waals surface area contributed by atoms with E-state index in [0.717, 1.165) is 40.3 Å². The van der Waals surface area contributed by atoms with Crippen LogP contribution in [0.4, 0.5) is 0 Å². The molecule has 0 spiro atoms. The standard InChI is InChI=1S/C24H24N2O2/c1-17-6-2-5-9-22(17)23(27)25-21-12-14-26(15-13-21)24(28)20-11-10-18-7-3-4-8-19(18)16-20/h2-11,16,21H,12-15H2,1H3,(H,25,27). The highest BCUT2D eigenvalue weighted by Crippen LogP contribution is 2.19. The van der Waals surface area contributed by atoms with Gasteiger partial charge in [-0.1, -0.05) is 48.5 Å². The van der Waals surface area contributed by atoms with Crippen molar-refractivity contribution < 1.29 is 9.59 Å². The van der Waals surface area contributed by atoms with Gasteiger partial charge in [0.05, 0.1) is 0 Å². The van der Waals surface area contributed by atoms with Crippen molar-refractivity contribution >= 4 is 22.6 Å². The van der Waals surface area contributed by atoms with Crippen LogP contribution in [0.1, 0.15) is 39.1 Å². The summed E-state index contributed by atoms with van der Waals surface area (Å²) in [4.78, 5) is 27.3. The third kappa shape index (κ3) is 3.77. The number of fused-ring (bicyclic) bond motifs is 1. The number of rotatable bonds is 3. The molecule has 2 amide bonds. The maximum absolute atomic E-state index is 12.9. The number of aryl methyl sites for hydroxylation is 1. The zero-order chi connectivity index (χ0) is 19.5. The van der Waals surface area contributed by atoms with Gasteiger partial charge in [-0.25, -0.2) is 0 Å². The molecule has 1 heterocycles. The number of nitrogens with zero attached hydrogens (tertiary/aromatic N) is 1. The molecule has 3 aromatic rings. The van der Waals surface area contributed by atoms with Gasteiger partial charge in [0.25, 0.3) is 11.8 Å². The first-order valence-electron chi connectivity index (χ1n) is 9.76. The normalized spacial score (nSPS) is 14.8. The molecule has 4 nitrogen and oxygen atoms in total. The van der Waals surface area contributed by atoms with Crippen molar-refractivity contribution in [2.75, 3.05) is 13.1 Å². The fourth-order valence-corrected chi connectivity index (χ4v) is 3.82. The lowest BCUT2D eigenvalue weighted by Gasteiger charge is -2.32. The number of carbonyl (C=O) groups excluding carboxylic acids is 2. The Labute approximate surface area is 165 Å². The molecule has 0 saturated carbocycles. The number of amides is 2. The molecule has 28 heavy (non-hydrogen) atoms. The molecule has 1 aliphatic heterocycles. The summed E-state index contributed by atoms with van der Waals surface area (Å²) < 4.78 is 0. The number of benzene rings is 3. The number of nitrogens with one attached hydrogen (secondary N) is 1. The fraction of sp³-hybridized carbons (Fsp3) is 0.250. The third-order valence-corrected chi connectivity index (χ3v) is 5.50. The minimum absolute atomic E-state index is 0.0302. The lowest BCUT2D eigenvalue weighted by Crippen LogP contribution is -2.46. The van der Waals surface area contributed by atoms with Crippen molar-refractivity contribution in [1.29, 1.82) is 0 Å². The summed E-state index contributed by atoms with van der Waals surface area (Å²) in [6.07, 6.45) is 1.55. The summed E-state index contributed by atoms with van der Waals surface area (Å²) in [6.45, 7) is 3.26. The number of likely N-dealkylation sites (tertiary alicyclic amines) is 1. The Kier molecular flexibility index (Phi) is 5.11. The second-order valence-corrected chi connectivity index (χ2v) is 7.42. The van der Waals surface area contributed by atoms with Crippen LogP contribution in [0.25, 0.3) is 10.8 Å². The van der Waals surface area contributed by atoms with Crippen LogP contribution in [-0.2, 0) is 0 Å². The maximum atomic E-state index is 12.9. The van der Waals surface area contributed by atoms with Crippen LogP contribution in [0.15, 0.2) is 66.7 Å². The van der Waals surface area contributed by atoms with Gasteiger partial charge in [0.15, 0.2) is 0 Å². The summed E-state index contributed by atoms with van der Waals surface area (Å²) >= 11 is 0. The summed E-state index contributed by atoms with van der Waals surface area (Å²) in [5, 5.41) is 5.34. The largest absolute Gasteiger partial charge is 0.349 e. The Morgan fingerprint density at radius 2 is 1.57 bits per heavy atom. The molecule has 4 heteroatoms. The van der Waals surface area contributed by atoms with Crippen molar-refractivity contribution in [1.82, 2.24) is 10.2 Å². The summed E-state index contributed by atoms with van der Waals surface area (Å²) in [6, 6.07) is 21.6. The van der Waals surface area contributed by atoms with Gasteiger partial charge in [-0.15, -0.1) is 0 Å². The van der Waals surface area contributed by atoms with E-state index in [0.29, 0.717) is 13.1 Å². The minimum atomic E-state index is -0.0302. The van der Waals surface area contributed by atoms with Crippen molar-refractivity contribution in [3.05, 3.63) is 83.4 Å². The zero-order valence-corrected chi connectivity index (χ0v) is 16.0. The minimum Gasteiger partial charge on any atom is -0.349 e. The second kappa shape index (κ2) is 7.85. The molecule has 142 valence electrons. The van der Waals surface area contributed by atoms with Crippen LogP contribution in [-0.4, -0.2) is 35.8 Å². The van der Waals surface area contributed by atoms with E-state index in [1.807, 2.05) is 78.6 Å². The van der Waals surface area contributed by atoms with Gasteiger partial charge in [-0.3, -0.25) is 9.59 Å². The van der Waals surface area contributed by atoms with E-state index in [1.165, 1.54) is 0 Å². The van der Waals surface area contributed by atoms with E-state index in [9.17, 15) is 9.59 Å². The molecule has 1 aliphatic rings. The average Bonchev–Trinajstić information content (AvgIpc) is 2.73. The Balaban J connectivity index is 1.37. The summed E-state index contributed by atoms with van der Waals surface area (Å²) in [5.74, 6) is 0.0341. The van der Waals surface area contributed by atoms with Crippen LogP contribution in [0, 0.1) is 6.92 Å². The monoisotopic (exact) mass is 372 g/mol. The van der Waals surface area contributed by atoms with E-state index in [4.69, 9.17) is 0 Å². The van der Waals surface area contributed by atoms with Crippen LogP contribution in [0.5, 0.6) is 0 Å². The highest BCUT2D eigenvalue weighted by molar-refractivity contribution is 5.99. The van der Waals surface area contributed by atoms with Gasteiger partial charge < -0.3 is 10.2 Å². The number of hydrogen-bond donors (Lipinski definition) is 1. The van der Waals surface area contributed by atoms with E-state index < -0.39 is 0 Å². The van der Waals surface area contributed by atoms with Crippen molar-refractivity contribution in [2.24, 2.45) is 0 Å². The molecule has 0 aliphatic carbocycles. The van der Waals surface area contributed by atoms with Crippen molar-refractivity contribution in [3.8, 4) is 0 Å². The first-order valence-corrected chi connectivity index (χ1v) is 9.76. The van der Waals surface area contributed by atoms with Crippen LogP contribution in [0.2, 0.25) is 0 Å². The fourth-order valence-electron chi connectivity index (χ4n) is 3.82. The predicted molar refractivity (Wildman–Crippen MR) is 112 cm³/mol.